The molecule has 1 N–H and O–H groups in total. The zero-order valence-electron chi connectivity index (χ0n) is 14.0. The molecule has 3 aliphatic rings. The number of allylic oxidation sites excluding steroid dienone is 2. The van der Waals surface area contributed by atoms with Gasteiger partial charge in [-0.05, 0) is 73.7 Å². The number of carboxylic acid groups (broad SMARTS) is 1. The molecule has 22 heavy (non-hydrogen) atoms. The summed E-state index contributed by atoms with van der Waals surface area (Å²) in [5.74, 6) is 0.142. The van der Waals surface area contributed by atoms with Crippen molar-refractivity contribution in [3.63, 3.8) is 0 Å². The van der Waals surface area contributed by atoms with Crippen LogP contribution >= 0.6 is 0 Å². The lowest BCUT2D eigenvalue weighted by Crippen LogP contribution is -2.57. The van der Waals surface area contributed by atoms with Gasteiger partial charge in [0.15, 0.2) is 0 Å². The van der Waals surface area contributed by atoms with E-state index in [1.807, 2.05) is 6.92 Å². The molecule has 0 spiro atoms. The third-order valence-corrected chi connectivity index (χ3v) is 7.42. The average molecular weight is 304 g/mol. The first-order valence-corrected chi connectivity index (χ1v) is 8.66. The molecule has 0 heterocycles. The number of hydrogen-bond donors (Lipinski definition) is 1. The summed E-state index contributed by atoms with van der Waals surface area (Å²) in [6.07, 6.45) is 10.0. The molecular weight excluding hydrogens is 276 g/mol. The summed E-state index contributed by atoms with van der Waals surface area (Å²) in [6, 6.07) is 0. The molecule has 0 amide bonds. The van der Waals surface area contributed by atoms with E-state index in [0.29, 0.717) is 5.92 Å². The van der Waals surface area contributed by atoms with E-state index in [4.69, 9.17) is 0 Å². The van der Waals surface area contributed by atoms with Gasteiger partial charge in [-0.15, -0.1) is 0 Å². The summed E-state index contributed by atoms with van der Waals surface area (Å²) < 4.78 is 0. The Balaban J connectivity index is 2.02. The van der Waals surface area contributed by atoms with E-state index in [9.17, 15) is 14.7 Å². The van der Waals surface area contributed by atoms with E-state index < -0.39 is 11.4 Å². The van der Waals surface area contributed by atoms with Crippen LogP contribution in [0.5, 0.6) is 0 Å². The molecule has 0 saturated heterocycles. The molecule has 3 rings (SSSR count). The molecule has 3 aliphatic carbocycles. The minimum absolute atomic E-state index is 0.0660. The minimum atomic E-state index is -0.619. The standard InChI is InChI=1S/C19H28O3/c1-17-10-7-15-18(2,8-4-9-19(15,3)16(21)22)14(17)6-5-13(11-17)12-20/h11-12,14-15H,4-10H2,1-3H3,(H,21,22). The molecule has 0 bridgehead atoms. The second-order valence-corrected chi connectivity index (χ2v) is 8.61. The zero-order valence-corrected chi connectivity index (χ0v) is 14.0. The first kappa shape index (κ1) is 15.8. The summed E-state index contributed by atoms with van der Waals surface area (Å²) in [4.78, 5) is 23.1. The van der Waals surface area contributed by atoms with Crippen molar-refractivity contribution < 1.29 is 14.7 Å². The van der Waals surface area contributed by atoms with Gasteiger partial charge in [-0.2, -0.15) is 0 Å². The third-order valence-electron chi connectivity index (χ3n) is 7.42. The number of carboxylic acids is 1. The zero-order chi connectivity index (χ0) is 16.2. The minimum Gasteiger partial charge on any atom is -0.481 e. The van der Waals surface area contributed by atoms with E-state index in [0.717, 1.165) is 56.8 Å². The van der Waals surface area contributed by atoms with Crippen molar-refractivity contribution in [1.29, 1.82) is 0 Å². The largest absolute Gasteiger partial charge is 0.481 e. The SMILES string of the molecule is CC12C=C(C=O)CCC1C1(C)CCCC(C)(C(=O)O)C1CC2. The molecule has 3 heteroatoms. The highest BCUT2D eigenvalue weighted by Crippen LogP contribution is 2.66. The van der Waals surface area contributed by atoms with E-state index in [1.165, 1.54) is 0 Å². The van der Waals surface area contributed by atoms with E-state index >= 15 is 0 Å². The van der Waals surface area contributed by atoms with Crippen LogP contribution in [-0.2, 0) is 9.59 Å². The van der Waals surface area contributed by atoms with Gasteiger partial charge in [0.1, 0.15) is 6.29 Å². The summed E-state index contributed by atoms with van der Waals surface area (Å²) in [7, 11) is 0. The van der Waals surface area contributed by atoms with E-state index in [2.05, 4.69) is 19.9 Å². The second-order valence-electron chi connectivity index (χ2n) is 8.61. The Bertz CT molecular complexity index is 537. The van der Waals surface area contributed by atoms with Crippen molar-refractivity contribution in [3.8, 4) is 0 Å². The van der Waals surface area contributed by atoms with Gasteiger partial charge in [-0.1, -0.05) is 26.3 Å². The predicted molar refractivity (Wildman–Crippen MR) is 85.4 cm³/mol. The molecule has 5 atom stereocenters. The quantitative estimate of drug-likeness (QED) is 0.777. The van der Waals surface area contributed by atoms with Crippen LogP contribution in [0.25, 0.3) is 0 Å². The highest BCUT2D eigenvalue weighted by Gasteiger charge is 2.61. The Kier molecular flexibility index (Phi) is 3.54. The topological polar surface area (TPSA) is 54.4 Å². The Morgan fingerprint density at radius 3 is 2.55 bits per heavy atom. The van der Waals surface area contributed by atoms with Crippen LogP contribution in [0.1, 0.15) is 65.7 Å². The molecule has 0 aliphatic heterocycles. The highest BCUT2D eigenvalue weighted by molar-refractivity contribution is 5.75. The highest BCUT2D eigenvalue weighted by atomic mass is 16.4. The molecule has 5 unspecified atom stereocenters. The first-order chi connectivity index (χ1) is 10.3. The van der Waals surface area contributed by atoms with Gasteiger partial charge in [0.05, 0.1) is 5.41 Å². The average Bonchev–Trinajstić information content (AvgIpc) is 2.45. The summed E-state index contributed by atoms with van der Waals surface area (Å²) in [5, 5.41) is 9.83. The van der Waals surface area contributed by atoms with Crippen LogP contribution in [0, 0.1) is 28.1 Å². The number of aldehydes is 1. The molecule has 0 aromatic carbocycles. The maximum absolute atomic E-state index is 12.0. The Morgan fingerprint density at radius 2 is 1.91 bits per heavy atom. The van der Waals surface area contributed by atoms with Crippen molar-refractivity contribution in [1.82, 2.24) is 0 Å². The first-order valence-electron chi connectivity index (χ1n) is 8.66. The fourth-order valence-corrected chi connectivity index (χ4v) is 6.35. The molecule has 2 saturated carbocycles. The van der Waals surface area contributed by atoms with Crippen molar-refractivity contribution >= 4 is 12.3 Å². The number of aliphatic carboxylic acids is 1. The Morgan fingerprint density at radius 1 is 1.18 bits per heavy atom. The predicted octanol–water partition coefficient (Wildman–Crippen LogP) is 4.22. The number of fused-ring (bicyclic) bond motifs is 3. The van der Waals surface area contributed by atoms with Crippen LogP contribution in [0.4, 0.5) is 0 Å². The monoisotopic (exact) mass is 304 g/mol. The lowest BCUT2D eigenvalue weighted by atomic mass is 9.41. The molecule has 0 radical (unpaired) electrons. The van der Waals surface area contributed by atoms with Gasteiger partial charge in [-0.3, -0.25) is 9.59 Å². The number of hydrogen-bond acceptors (Lipinski definition) is 2. The Labute approximate surface area is 133 Å². The van der Waals surface area contributed by atoms with Crippen LogP contribution in [0.3, 0.4) is 0 Å². The van der Waals surface area contributed by atoms with Crippen molar-refractivity contribution in [3.05, 3.63) is 11.6 Å². The maximum Gasteiger partial charge on any atom is 0.309 e. The van der Waals surface area contributed by atoms with Gasteiger partial charge in [0, 0.05) is 0 Å². The van der Waals surface area contributed by atoms with Crippen LogP contribution in [-0.4, -0.2) is 17.4 Å². The summed E-state index contributed by atoms with van der Waals surface area (Å²) >= 11 is 0. The molecule has 3 nitrogen and oxygen atoms in total. The number of carbonyl (C=O) groups is 2. The Hall–Kier alpha value is -1.12. The molecule has 2 fully saturated rings. The molecule has 0 aromatic rings. The smallest absolute Gasteiger partial charge is 0.309 e. The number of carbonyl (C=O) groups excluding carboxylic acids is 1. The van der Waals surface area contributed by atoms with Crippen molar-refractivity contribution in [2.24, 2.45) is 28.1 Å². The lowest BCUT2D eigenvalue weighted by molar-refractivity contribution is -0.174. The fraction of sp³-hybridized carbons (Fsp3) is 0.789. The fourth-order valence-electron chi connectivity index (χ4n) is 6.35. The third kappa shape index (κ3) is 2.00. The van der Waals surface area contributed by atoms with Crippen molar-refractivity contribution in [2.75, 3.05) is 0 Å². The molecule has 0 aromatic heterocycles. The maximum atomic E-state index is 12.0. The van der Waals surface area contributed by atoms with E-state index in [-0.39, 0.29) is 16.7 Å². The molecular formula is C19H28O3. The van der Waals surface area contributed by atoms with Crippen molar-refractivity contribution in [2.45, 2.75) is 65.7 Å². The van der Waals surface area contributed by atoms with Crippen LogP contribution in [0.15, 0.2) is 11.6 Å². The second kappa shape index (κ2) is 4.94. The normalized spacial score (nSPS) is 47.9. The van der Waals surface area contributed by atoms with Crippen LogP contribution < -0.4 is 0 Å². The van der Waals surface area contributed by atoms with E-state index in [1.54, 1.807) is 0 Å². The van der Waals surface area contributed by atoms with Gasteiger partial charge in [0.25, 0.3) is 0 Å². The van der Waals surface area contributed by atoms with Gasteiger partial charge in [-0.25, -0.2) is 0 Å². The number of rotatable bonds is 2. The summed E-state index contributed by atoms with van der Waals surface area (Å²) in [5.41, 5.74) is 0.514. The van der Waals surface area contributed by atoms with Gasteiger partial charge < -0.3 is 5.11 Å². The van der Waals surface area contributed by atoms with Gasteiger partial charge >= 0.3 is 5.97 Å². The summed E-state index contributed by atoms with van der Waals surface area (Å²) in [6.45, 7) is 6.59. The van der Waals surface area contributed by atoms with Gasteiger partial charge in [0.2, 0.25) is 0 Å². The molecule has 122 valence electrons. The van der Waals surface area contributed by atoms with Crippen LogP contribution in [0.2, 0.25) is 0 Å². The lowest BCUT2D eigenvalue weighted by Gasteiger charge is -2.62.